The highest BCUT2D eigenvalue weighted by molar-refractivity contribution is 7.47. The standard InChI is InChI=1S/C4H7Cl3Si/c5-4-2-1-3-8(4,6)7/h4H,1-3H2. The predicted molar refractivity (Wildman–Crippen MR) is 41.1 cm³/mol. The molecule has 4 heteroatoms. The highest BCUT2D eigenvalue weighted by Gasteiger charge is 2.41. The molecule has 1 atom stereocenters. The smallest absolute Gasteiger partial charge is 0.144 e. The van der Waals surface area contributed by atoms with Crippen LogP contribution in [0.5, 0.6) is 0 Å². The quantitative estimate of drug-likeness (QED) is 0.312. The van der Waals surface area contributed by atoms with Gasteiger partial charge in [0.15, 0.2) is 0 Å². The third-order valence-electron chi connectivity index (χ3n) is 1.43. The number of rotatable bonds is 0. The van der Waals surface area contributed by atoms with Crippen molar-refractivity contribution in [2.45, 2.75) is 23.9 Å². The molecule has 0 N–H and O–H groups in total. The Morgan fingerprint density at radius 3 is 2.12 bits per heavy atom. The summed E-state index contributed by atoms with van der Waals surface area (Å²) in [5.41, 5.74) is 0. The first-order valence-electron chi connectivity index (χ1n) is 2.65. The Balaban J connectivity index is 2.54. The molecule has 0 bridgehead atoms. The summed E-state index contributed by atoms with van der Waals surface area (Å²) in [6.45, 7) is -1.93. The van der Waals surface area contributed by atoms with Gasteiger partial charge in [-0.3, -0.25) is 0 Å². The molecule has 0 spiro atoms. The average molecular weight is 190 g/mol. The lowest BCUT2D eigenvalue weighted by Gasteiger charge is -2.10. The minimum Gasteiger partial charge on any atom is -0.144 e. The summed E-state index contributed by atoms with van der Waals surface area (Å²) in [7, 11) is 0. The van der Waals surface area contributed by atoms with Gasteiger partial charge in [0.25, 0.3) is 6.69 Å². The molecule has 48 valence electrons. The van der Waals surface area contributed by atoms with Crippen LogP contribution in [0.1, 0.15) is 12.8 Å². The fraction of sp³-hybridized carbons (Fsp3) is 1.00. The third kappa shape index (κ3) is 1.32. The van der Waals surface area contributed by atoms with Crippen LogP contribution in [0.25, 0.3) is 0 Å². The molecule has 0 aromatic rings. The molecule has 0 aromatic carbocycles. The Hall–Kier alpha value is 1.09. The van der Waals surface area contributed by atoms with E-state index in [0.717, 1.165) is 18.9 Å². The molecular weight excluding hydrogens is 182 g/mol. The summed E-state index contributed by atoms with van der Waals surface area (Å²) in [6.07, 6.45) is 2.13. The Morgan fingerprint density at radius 2 is 2.00 bits per heavy atom. The largest absolute Gasteiger partial charge is 0.268 e. The first-order valence-corrected chi connectivity index (χ1v) is 7.39. The first kappa shape index (κ1) is 7.20. The summed E-state index contributed by atoms with van der Waals surface area (Å²) in [6, 6.07) is 0.976. The van der Waals surface area contributed by atoms with E-state index in [-0.39, 0.29) is 5.00 Å². The number of hydrogen-bond donors (Lipinski definition) is 0. The van der Waals surface area contributed by atoms with Crippen molar-refractivity contribution in [1.82, 2.24) is 0 Å². The molecule has 1 heterocycles. The van der Waals surface area contributed by atoms with E-state index in [1.54, 1.807) is 0 Å². The van der Waals surface area contributed by atoms with E-state index in [0.29, 0.717) is 0 Å². The van der Waals surface area contributed by atoms with Crippen molar-refractivity contribution in [3.63, 3.8) is 0 Å². The van der Waals surface area contributed by atoms with Crippen LogP contribution in [-0.4, -0.2) is 11.7 Å². The van der Waals surface area contributed by atoms with Gasteiger partial charge in [-0.15, -0.1) is 33.8 Å². The molecule has 1 aliphatic rings. The Kier molecular flexibility index (Phi) is 2.13. The highest BCUT2D eigenvalue weighted by Crippen LogP contribution is 2.38. The van der Waals surface area contributed by atoms with Gasteiger partial charge in [-0.1, -0.05) is 6.42 Å². The van der Waals surface area contributed by atoms with Crippen LogP contribution >= 0.6 is 33.8 Å². The Labute approximate surface area is 64.5 Å². The summed E-state index contributed by atoms with van der Waals surface area (Å²) < 4.78 is 0. The third-order valence-corrected chi connectivity index (χ3v) is 8.37. The van der Waals surface area contributed by atoms with Crippen LogP contribution in [0.15, 0.2) is 0 Å². The Bertz CT molecular complexity index is 93.3. The molecular formula is C4H7Cl3Si. The fourth-order valence-electron chi connectivity index (χ4n) is 0.885. The average Bonchev–Trinajstić information content (AvgIpc) is 1.86. The SMILES string of the molecule is ClC1CCC[Si]1(Cl)Cl. The minimum atomic E-state index is -1.93. The molecule has 1 aliphatic heterocycles. The van der Waals surface area contributed by atoms with Gasteiger partial charge in [0.2, 0.25) is 0 Å². The van der Waals surface area contributed by atoms with Gasteiger partial charge >= 0.3 is 0 Å². The predicted octanol–water partition coefficient (Wildman–Crippen LogP) is 2.85. The normalized spacial score (nSPS) is 35.6. The zero-order chi connectivity index (χ0) is 6.20. The molecule has 0 aromatic heterocycles. The van der Waals surface area contributed by atoms with E-state index in [2.05, 4.69) is 0 Å². The van der Waals surface area contributed by atoms with E-state index in [9.17, 15) is 0 Å². The molecule has 0 saturated carbocycles. The molecule has 0 nitrogen and oxygen atoms in total. The zero-order valence-electron chi connectivity index (χ0n) is 4.33. The Morgan fingerprint density at radius 1 is 1.38 bits per heavy atom. The van der Waals surface area contributed by atoms with E-state index >= 15 is 0 Å². The van der Waals surface area contributed by atoms with Gasteiger partial charge in [0.05, 0.1) is 5.00 Å². The maximum atomic E-state index is 5.89. The molecule has 0 radical (unpaired) electrons. The van der Waals surface area contributed by atoms with Gasteiger partial charge in [0, 0.05) is 0 Å². The van der Waals surface area contributed by atoms with Gasteiger partial charge in [0.1, 0.15) is 0 Å². The fourth-order valence-corrected chi connectivity index (χ4v) is 4.44. The number of alkyl halides is 1. The summed E-state index contributed by atoms with van der Waals surface area (Å²) in [5.74, 6) is 0. The van der Waals surface area contributed by atoms with E-state index in [4.69, 9.17) is 33.8 Å². The molecule has 8 heavy (non-hydrogen) atoms. The van der Waals surface area contributed by atoms with E-state index in [1.807, 2.05) is 0 Å². The maximum absolute atomic E-state index is 5.89. The van der Waals surface area contributed by atoms with Crippen molar-refractivity contribution in [2.24, 2.45) is 0 Å². The monoisotopic (exact) mass is 188 g/mol. The second-order valence-corrected chi connectivity index (χ2v) is 10.4. The van der Waals surface area contributed by atoms with E-state index in [1.165, 1.54) is 0 Å². The van der Waals surface area contributed by atoms with Gasteiger partial charge in [-0.2, -0.15) is 0 Å². The van der Waals surface area contributed by atoms with Crippen molar-refractivity contribution >= 4 is 40.5 Å². The summed E-state index contributed by atoms with van der Waals surface area (Å²) >= 11 is 17.6. The van der Waals surface area contributed by atoms with Crippen LogP contribution < -0.4 is 0 Å². The van der Waals surface area contributed by atoms with Crippen molar-refractivity contribution in [1.29, 1.82) is 0 Å². The maximum Gasteiger partial charge on any atom is 0.268 e. The molecule has 1 fully saturated rings. The van der Waals surface area contributed by atoms with Crippen molar-refractivity contribution in [3.8, 4) is 0 Å². The number of halogens is 3. The lowest BCUT2D eigenvalue weighted by Crippen LogP contribution is -2.25. The minimum absolute atomic E-state index is 0.103. The topological polar surface area (TPSA) is 0 Å². The van der Waals surface area contributed by atoms with Crippen LogP contribution in [0.4, 0.5) is 0 Å². The van der Waals surface area contributed by atoms with Crippen LogP contribution in [0, 0.1) is 0 Å². The van der Waals surface area contributed by atoms with Crippen molar-refractivity contribution in [2.75, 3.05) is 0 Å². The van der Waals surface area contributed by atoms with Crippen LogP contribution in [0.3, 0.4) is 0 Å². The van der Waals surface area contributed by atoms with Gasteiger partial charge in [-0.05, 0) is 12.5 Å². The van der Waals surface area contributed by atoms with Gasteiger partial charge < -0.3 is 0 Å². The molecule has 1 saturated heterocycles. The van der Waals surface area contributed by atoms with Crippen LogP contribution in [0.2, 0.25) is 6.04 Å². The van der Waals surface area contributed by atoms with Crippen molar-refractivity contribution < 1.29 is 0 Å². The zero-order valence-corrected chi connectivity index (χ0v) is 7.60. The molecule has 1 unspecified atom stereocenters. The van der Waals surface area contributed by atoms with Crippen LogP contribution in [-0.2, 0) is 0 Å². The number of hydrogen-bond acceptors (Lipinski definition) is 0. The lowest BCUT2D eigenvalue weighted by molar-refractivity contribution is 0.912. The second kappa shape index (κ2) is 2.37. The molecule has 0 amide bonds. The summed E-state index contributed by atoms with van der Waals surface area (Å²) in [4.78, 5) is 0. The van der Waals surface area contributed by atoms with E-state index < -0.39 is 6.69 Å². The van der Waals surface area contributed by atoms with Gasteiger partial charge in [-0.25, -0.2) is 0 Å². The highest BCUT2D eigenvalue weighted by atomic mass is 35.7. The second-order valence-electron chi connectivity index (χ2n) is 2.12. The lowest BCUT2D eigenvalue weighted by atomic mass is 10.4. The molecule has 0 aliphatic carbocycles. The summed E-state index contributed by atoms with van der Waals surface area (Å²) in [5, 5.41) is 0.103. The molecule has 1 rings (SSSR count). The van der Waals surface area contributed by atoms with Crippen molar-refractivity contribution in [3.05, 3.63) is 0 Å². The first-order chi connectivity index (χ1) is 3.63.